The van der Waals surface area contributed by atoms with E-state index < -0.39 is 30.0 Å². The first kappa shape index (κ1) is 20.1. The lowest BCUT2D eigenvalue weighted by atomic mass is 10.4. The van der Waals surface area contributed by atoms with E-state index in [4.69, 9.17) is 5.11 Å². The minimum absolute atomic E-state index is 0.692. The third kappa shape index (κ3) is 3.45. The SMILES string of the molecule is CC[NH+](CC)CC.C[C@@]1(C(=O)O)OC(=O)[C@@](C)(O)P1(=O)[O-]. The number of carboxylic acids is 1. The fourth-order valence-electron chi connectivity index (χ4n) is 1.79. The van der Waals surface area contributed by atoms with E-state index in [1.807, 2.05) is 0 Å². The summed E-state index contributed by atoms with van der Waals surface area (Å²) in [5.74, 6) is -3.30. The third-order valence-electron chi connectivity index (χ3n) is 3.71. The average Bonchev–Trinajstić information content (AvgIpc) is 2.51. The molecule has 1 heterocycles. The molecule has 1 fully saturated rings. The Kier molecular flexibility index (Phi) is 6.56. The Morgan fingerprint density at radius 3 is 1.76 bits per heavy atom. The van der Waals surface area contributed by atoms with Crippen LogP contribution in [-0.4, -0.2) is 52.5 Å². The second-order valence-corrected chi connectivity index (χ2v) is 7.89. The molecular weight excluding hydrogens is 301 g/mol. The average molecular weight is 325 g/mol. The van der Waals surface area contributed by atoms with Crippen molar-refractivity contribution < 1.29 is 38.9 Å². The number of rotatable bonds is 4. The van der Waals surface area contributed by atoms with Crippen LogP contribution in [0.15, 0.2) is 0 Å². The lowest BCUT2D eigenvalue weighted by Gasteiger charge is -2.34. The first-order chi connectivity index (χ1) is 9.42. The van der Waals surface area contributed by atoms with Crippen LogP contribution < -0.4 is 9.79 Å². The first-order valence-corrected chi connectivity index (χ1v) is 8.38. The molecule has 9 heteroatoms. The van der Waals surface area contributed by atoms with Gasteiger partial charge in [0.1, 0.15) is 7.37 Å². The molecule has 1 aliphatic heterocycles. The van der Waals surface area contributed by atoms with Crippen LogP contribution >= 0.6 is 7.37 Å². The molecule has 0 bridgehead atoms. The number of aliphatic carboxylic acids is 1. The molecule has 0 spiro atoms. The van der Waals surface area contributed by atoms with Crippen LogP contribution in [0.2, 0.25) is 0 Å². The van der Waals surface area contributed by atoms with Gasteiger partial charge in [-0.05, 0) is 34.6 Å². The molecule has 0 saturated carbocycles. The highest BCUT2D eigenvalue weighted by Crippen LogP contribution is 2.65. The van der Waals surface area contributed by atoms with Gasteiger partial charge in [-0.3, -0.25) is 0 Å². The van der Waals surface area contributed by atoms with Gasteiger partial charge < -0.3 is 29.3 Å². The molecule has 21 heavy (non-hydrogen) atoms. The fourth-order valence-corrected chi connectivity index (χ4v) is 3.36. The molecular formula is C12H24NO7P. The number of hydrogen-bond acceptors (Lipinski definition) is 6. The Morgan fingerprint density at radius 1 is 1.29 bits per heavy atom. The Bertz CT molecular complexity index is 441. The molecule has 124 valence electrons. The number of nitrogens with one attached hydrogen (secondary N) is 1. The maximum absolute atomic E-state index is 11.4. The monoisotopic (exact) mass is 325 g/mol. The van der Waals surface area contributed by atoms with Crippen molar-refractivity contribution in [3.63, 3.8) is 0 Å². The maximum atomic E-state index is 11.4. The summed E-state index contributed by atoms with van der Waals surface area (Å²) in [6, 6.07) is 0. The summed E-state index contributed by atoms with van der Waals surface area (Å²) in [5, 5.41) is 12.4. The quantitative estimate of drug-likeness (QED) is 0.429. The lowest BCUT2D eigenvalue weighted by Crippen LogP contribution is -3.11. The van der Waals surface area contributed by atoms with E-state index in [0.717, 1.165) is 0 Å². The van der Waals surface area contributed by atoms with Crippen molar-refractivity contribution in [3.8, 4) is 0 Å². The Balaban J connectivity index is 0.000000486. The number of esters is 1. The summed E-state index contributed by atoms with van der Waals surface area (Å²) in [6.07, 6.45) is 0. The van der Waals surface area contributed by atoms with E-state index in [9.17, 15) is 24.2 Å². The number of cyclic esters (lactones) is 1. The number of carbonyl (C=O) groups excluding carboxylic acids is 1. The van der Waals surface area contributed by atoms with E-state index >= 15 is 0 Å². The lowest BCUT2D eigenvalue weighted by molar-refractivity contribution is -0.894. The maximum Gasteiger partial charge on any atom is 0.354 e. The second kappa shape index (κ2) is 6.87. The van der Waals surface area contributed by atoms with Crippen LogP contribution in [-0.2, 0) is 18.9 Å². The van der Waals surface area contributed by atoms with Gasteiger partial charge in [-0.25, -0.2) is 9.59 Å². The van der Waals surface area contributed by atoms with Crippen molar-refractivity contribution >= 4 is 19.3 Å². The molecule has 0 amide bonds. The predicted molar refractivity (Wildman–Crippen MR) is 72.9 cm³/mol. The van der Waals surface area contributed by atoms with Crippen molar-refractivity contribution in [1.29, 1.82) is 0 Å². The number of quaternary nitrogens is 1. The molecule has 0 aromatic heterocycles. The van der Waals surface area contributed by atoms with Crippen LogP contribution in [0, 0.1) is 0 Å². The molecule has 1 unspecified atom stereocenters. The van der Waals surface area contributed by atoms with Crippen molar-refractivity contribution in [2.45, 2.75) is 45.3 Å². The Labute approximate surface area is 124 Å². The first-order valence-electron chi connectivity index (χ1n) is 6.76. The summed E-state index contributed by atoms with van der Waals surface area (Å²) < 4.78 is 15.6. The zero-order valence-electron chi connectivity index (χ0n) is 13.0. The van der Waals surface area contributed by atoms with Gasteiger partial charge in [-0.2, -0.15) is 0 Å². The van der Waals surface area contributed by atoms with E-state index in [1.165, 1.54) is 19.6 Å². The number of carbonyl (C=O) groups is 2. The van der Waals surface area contributed by atoms with Gasteiger partial charge in [-0.15, -0.1) is 0 Å². The van der Waals surface area contributed by atoms with Crippen molar-refractivity contribution in [1.82, 2.24) is 0 Å². The molecule has 1 saturated heterocycles. The number of carboxylic acid groups (broad SMARTS) is 1. The van der Waals surface area contributed by atoms with E-state index in [0.29, 0.717) is 13.8 Å². The number of hydrogen-bond donors (Lipinski definition) is 3. The van der Waals surface area contributed by atoms with Crippen molar-refractivity contribution in [3.05, 3.63) is 0 Å². The molecule has 3 N–H and O–H groups in total. The van der Waals surface area contributed by atoms with Crippen LogP contribution in [0.3, 0.4) is 0 Å². The molecule has 8 nitrogen and oxygen atoms in total. The molecule has 0 aliphatic carbocycles. The van der Waals surface area contributed by atoms with E-state index in [-0.39, 0.29) is 0 Å². The van der Waals surface area contributed by atoms with Gasteiger partial charge in [0.25, 0.3) is 0 Å². The largest absolute Gasteiger partial charge is 0.794 e. The number of ether oxygens (including phenoxy) is 1. The zero-order chi connectivity index (χ0) is 17.1. The minimum atomic E-state index is -4.95. The van der Waals surface area contributed by atoms with E-state index in [2.05, 4.69) is 25.5 Å². The smallest absolute Gasteiger partial charge is 0.354 e. The topological polar surface area (TPSA) is 128 Å². The van der Waals surface area contributed by atoms with Crippen molar-refractivity contribution in [2.75, 3.05) is 19.6 Å². The third-order valence-corrected chi connectivity index (χ3v) is 6.44. The van der Waals surface area contributed by atoms with Gasteiger partial charge in [0.15, 0.2) is 0 Å². The summed E-state index contributed by atoms with van der Waals surface area (Å²) >= 11 is 0. The molecule has 0 aromatic rings. The zero-order valence-corrected chi connectivity index (χ0v) is 13.9. The summed E-state index contributed by atoms with van der Waals surface area (Å²) in [4.78, 5) is 34.7. The van der Waals surface area contributed by atoms with Crippen molar-refractivity contribution in [2.24, 2.45) is 0 Å². The minimum Gasteiger partial charge on any atom is -0.794 e. The van der Waals surface area contributed by atoms with Gasteiger partial charge in [-0.1, -0.05) is 0 Å². The van der Waals surface area contributed by atoms with Crippen LogP contribution in [0.1, 0.15) is 34.6 Å². The highest BCUT2D eigenvalue weighted by atomic mass is 31.2. The number of aliphatic hydroxyl groups is 1. The van der Waals surface area contributed by atoms with Gasteiger partial charge >= 0.3 is 11.9 Å². The standard InChI is InChI=1S/C6H15N.C6H9O7P/c1-4-7(5-2)6-3;1-5(10)4(9)13-6(2,3(7)8)14(5,11)12/h4-6H2,1-3H3;10H,1-2H3,(H,7,8)(H,11,12)/t;5-,6+/m.0/s1. The van der Waals surface area contributed by atoms with Gasteiger partial charge in [0, 0.05) is 0 Å². The van der Waals surface area contributed by atoms with Crippen LogP contribution in [0.5, 0.6) is 0 Å². The molecule has 0 aromatic carbocycles. The Morgan fingerprint density at radius 2 is 1.67 bits per heavy atom. The Hall–Kier alpha value is -0.950. The molecule has 1 rings (SSSR count). The molecule has 1 aliphatic rings. The summed E-state index contributed by atoms with van der Waals surface area (Å²) in [5.41, 5.74) is 0. The molecule has 0 radical (unpaired) electrons. The summed E-state index contributed by atoms with van der Waals surface area (Å²) in [7, 11) is -4.95. The normalized spacial score (nSPS) is 35.1. The summed E-state index contributed by atoms with van der Waals surface area (Å²) in [6.45, 7) is 11.9. The molecule has 3 atom stereocenters. The van der Waals surface area contributed by atoms with E-state index in [1.54, 1.807) is 4.90 Å². The highest BCUT2D eigenvalue weighted by Gasteiger charge is 2.66. The predicted octanol–water partition coefficient (Wildman–Crippen LogP) is -1.38. The highest BCUT2D eigenvalue weighted by molar-refractivity contribution is 7.62. The van der Waals surface area contributed by atoms with Gasteiger partial charge in [0.2, 0.25) is 10.7 Å². The van der Waals surface area contributed by atoms with Crippen LogP contribution in [0.25, 0.3) is 0 Å². The fraction of sp³-hybridized carbons (Fsp3) is 0.833. The van der Waals surface area contributed by atoms with Gasteiger partial charge in [0.05, 0.1) is 19.6 Å². The second-order valence-electron chi connectivity index (χ2n) is 5.06. The van der Waals surface area contributed by atoms with Crippen LogP contribution in [0.4, 0.5) is 0 Å².